The van der Waals surface area contributed by atoms with Crippen molar-refractivity contribution in [3.8, 4) is 5.75 Å². The molecule has 2 heterocycles. The Morgan fingerprint density at radius 1 is 0.929 bits per heavy atom. The van der Waals surface area contributed by atoms with Gasteiger partial charge in [0.25, 0.3) is 0 Å². The van der Waals surface area contributed by atoms with Crippen LogP contribution in [0, 0.1) is 5.92 Å². The fourth-order valence-corrected chi connectivity index (χ4v) is 5.34. The molecular formula is C25H23NOS. The van der Waals surface area contributed by atoms with Gasteiger partial charge in [-0.15, -0.1) is 11.8 Å². The standard InChI is InChI=1S/C25H23NOS/c1-16(2)17-11-13-18(14-12-17)25-20-15-27-22-9-5-3-7-19(22)24(20)26-21-8-4-6-10-23(21)28-25/h3-14,16,20,25H,15H2,1-2H3/t20-,25-/m0/s1. The number of aliphatic imine (C=N–C) groups is 1. The molecule has 0 fully saturated rings. The average Bonchev–Trinajstić information content (AvgIpc) is 2.91. The summed E-state index contributed by atoms with van der Waals surface area (Å²) in [7, 11) is 0. The van der Waals surface area contributed by atoms with Gasteiger partial charge in [0.15, 0.2) is 0 Å². The van der Waals surface area contributed by atoms with E-state index >= 15 is 0 Å². The molecule has 5 rings (SSSR count). The topological polar surface area (TPSA) is 21.6 Å². The third-order valence-electron chi connectivity index (χ3n) is 5.59. The van der Waals surface area contributed by atoms with Gasteiger partial charge in [-0.1, -0.05) is 62.4 Å². The molecule has 140 valence electrons. The van der Waals surface area contributed by atoms with Crippen LogP contribution in [0.4, 0.5) is 5.69 Å². The van der Waals surface area contributed by atoms with Gasteiger partial charge in [-0.2, -0.15) is 0 Å². The summed E-state index contributed by atoms with van der Waals surface area (Å²) in [5.41, 5.74) is 6.05. The molecule has 2 nitrogen and oxygen atoms in total. The maximum atomic E-state index is 6.17. The number of hydrogen-bond donors (Lipinski definition) is 0. The summed E-state index contributed by atoms with van der Waals surface area (Å²) < 4.78 is 6.17. The molecule has 0 bridgehead atoms. The van der Waals surface area contributed by atoms with Gasteiger partial charge >= 0.3 is 0 Å². The predicted molar refractivity (Wildman–Crippen MR) is 117 cm³/mol. The van der Waals surface area contributed by atoms with Crippen molar-refractivity contribution in [2.75, 3.05) is 6.61 Å². The first-order valence-electron chi connectivity index (χ1n) is 9.87. The molecule has 2 aliphatic rings. The second-order valence-corrected chi connectivity index (χ2v) is 8.92. The number of rotatable bonds is 2. The average molecular weight is 386 g/mol. The van der Waals surface area contributed by atoms with Crippen molar-refractivity contribution in [3.05, 3.63) is 89.5 Å². The summed E-state index contributed by atoms with van der Waals surface area (Å²) in [6.07, 6.45) is 0. The molecular weight excluding hydrogens is 362 g/mol. The summed E-state index contributed by atoms with van der Waals surface area (Å²) in [4.78, 5) is 6.38. The summed E-state index contributed by atoms with van der Waals surface area (Å²) in [5.74, 6) is 1.70. The van der Waals surface area contributed by atoms with Crippen molar-refractivity contribution in [2.45, 2.75) is 29.9 Å². The van der Waals surface area contributed by atoms with Crippen LogP contribution in [-0.4, -0.2) is 12.3 Å². The van der Waals surface area contributed by atoms with Crippen molar-refractivity contribution >= 4 is 23.2 Å². The third kappa shape index (κ3) is 3.04. The van der Waals surface area contributed by atoms with Crippen LogP contribution in [0.1, 0.15) is 41.7 Å². The lowest BCUT2D eigenvalue weighted by atomic mass is 9.87. The van der Waals surface area contributed by atoms with E-state index in [1.807, 2.05) is 23.9 Å². The number of benzene rings is 3. The zero-order valence-electron chi connectivity index (χ0n) is 16.1. The highest BCUT2D eigenvalue weighted by Gasteiger charge is 2.37. The van der Waals surface area contributed by atoms with E-state index in [4.69, 9.17) is 9.73 Å². The van der Waals surface area contributed by atoms with E-state index < -0.39 is 0 Å². The van der Waals surface area contributed by atoms with E-state index in [-0.39, 0.29) is 11.2 Å². The molecule has 28 heavy (non-hydrogen) atoms. The lowest BCUT2D eigenvalue weighted by Gasteiger charge is -2.31. The summed E-state index contributed by atoms with van der Waals surface area (Å²) >= 11 is 1.91. The van der Waals surface area contributed by atoms with Crippen LogP contribution < -0.4 is 4.74 Å². The minimum Gasteiger partial charge on any atom is -0.492 e. The first kappa shape index (κ1) is 17.6. The first-order valence-corrected chi connectivity index (χ1v) is 10.7. The van der Waals surface area contributed by atoms with Crippen LogP contribution in [0.5, 0.6) is 5.75 Å². The summed E-state index contributed by atoms with van der Waals surface area (Å²) in [5, 5.41) is 0.275. The number of hydrogen-bond acceptors (Lipinski definition) is 3. The first-order chi connectivity index (χ1) is 13.7. The highest BCUT2D eigenvalue weighted by Crippen LogP contribution is 2.50. The molecule has 0 aliphatic carbocycles. The maximum Gasteiger partial charge on any atom is 0.128 e. The van der Waals surface area contributed by atoms with Crippen LogP contribution >= 0.6 is 11.8 Å². The Balaban J connectivity index is 1.64. The molecule has 0 unspecified atom stereocenters. The second kappa shape index (κ2) is 7.14. The van der Waals surface area contributed by atoms with Crippen molar-refractivity contribution in [3.63, 3.8) is 0 Å². The monoisotopic (exact) mass is 385 g/mol. The van der Waals surface area contributed by atoms with Crippen LogP contribution in [0.2, 0.25) is 0 Å². The van der Waals surface area contributed by atoms with Crippen LogP contribution in [0.25, 0.3) is 0 Å². The maximum absolute atomic E-state index is 6.17. The highest BCUT2D eigenvalue weighted by atomic mass is 32.2. The third-order valence-corrected chi connectivity index (χ3v) is 7.04. The second-order valence-electron chi connectivity index (χ2n) is 7.74. The number of nitrogens with zero attached hydrogens (tertiary/aromatic N) is 1. The Labute approximate surface area is 170 Å². The molecule has 0 saturated carbocycles. The van der Waals surface area contributed by atoms with Gasteiger partial charge in [0, 0.05) is 15.7 Å². The normalized spacial score (nSPS) is 20.3. The van der Waals surface area contributed by atoms with Gasteiger partial charge < -0.3 is 4.74 Å². The molecule has 3 heteroatoms. The molecule has 3 aromatic carbocycles. The SMILES string of the molecule is CC(C)c1ccc([C@@H]2Sc3ccccc3N=C3c4ccccc4OC[C@@H]32)cc1. The van der Waals surface area contributed by atoms with E-state index in [0.717, 1.165) is 22.7 Å². The Morgan fingerprint density at radius 2 is 1.68 bits per heavy atom. The van der Waals surface area contributed by atoms with E-state index in [9.17, 15) is 0 Å². The minimum atomic E-state index is 0.220. The Bertz CT molecular complexity index is 1040. The van der Waals surface area contributed by atoms with Gasteiger partial charge in [0.2, 0.25) is 0 Å². The van der Waals surface area contributed by atoms with E-state index in [0.29, 0.717) is 12.5 Å². The summed E-state index contributed by atoms with van der Waals surface area (Å²) in [6.45, 7) is 5.14. The van der Waals surface area contributed by atoms with Crippen LogP contribution in [0.15, 0.2) is 82.7 Å². The lowest BCUT2D eigenvalue weighted by molar-refractivity contribution is 0.271. The molecule has 2 atom stereocenters. The van der Waals surface area contributed by atoms with Crippen LogP contribution in [-0.2, 0) is 0 Å². The number of ether oxygens (including phenoxy) is 1. The molecule has 0 radical (unpaired) electrons. The molecule has 0 aromatic heterocycles. The van der Waals surface area contributed by atoms with Crippen molar-refractivity contribution in [2.24, 2.45) is 10.9 Å². The quantitative estimate of drug-likeness (QED) is 0.484. The van der Waals surface area contributed by atoms with E-state index in [1.54, 1.807) is 0 Å². The fraction of sp³-hybridized carbons (Fsp3) is 0.240. The number of para-hydroxylation sites is 2. The minimum absolute atomic E-state index is 0.220. The number of fused-ring (bicyclic) bond motifs is 4. The Kier molecular flexibility index (Phi) is 4.48. The smallest absolute Gasteiger partial charge is 0.128 e. The van der Waals surface area contributed by atoms with Crippen LogP contribution in [0.3, 0.4) is 0 Å². The molecule has 0 amide bonds. The predicted octanol–water partition coefficient (Wildman–Crippen LogP) is 6.79. The van der Waals surface area contributed by atoms with Crippen molar-refractivity contribution < 1.29 is 4.74 Å². The Morgan fingerprint density at radius 3 is 2.50 bits per heavy atom. The van der Waals surface area contributed by atoms with Gasteiger partial charge in [0.1, 0.15) is 5.75 Å². The lowest BCUT2D eigenvalue weighted by Crippen LogP contribution is -2.31. The number of thioether (sulfide) groups is 1. The molecule has 2 aliphatic heterocycles. The van der Waals surface area contributed by atoms with Gasteiger partial charge in [-0.05, 0) is 41.3 Å². The van der Waals surface area contributed by atoms with Gasteiger partial charge in [0.05, 0.1) is 23.9 Å². The molecule has 3 aromatic rings. The molecule has 0 spiro atoms. The van der Waals surface area contributed by atoms with E-state index in [2.05, 4.69) is 74.5 Å². The van der Waals surface area contributed by atoms with Crippen molar-refractivity contribution in [1.29, 1.82) is 0 Å². The van der Waals surface area contributed by atoms with Gasteiger partial charge in [-0.25, -0.2) is 0 Å². The highest BCUT2D eigenvalue weighted by molar-refractivity contribution is 7.99. The molecule has 0 saturated heterocycles. The van der Waals surface area contributed by atoms with Crippen molar-refractivity contribution in [1.82, 2.24) is 0 Å². The van der Waals surface area contributed by atoms with E-state index in [1.165, 1.54) is 16.0 Å². The Hall–Kier alpha value is -2.52. The largest absolute Gasteiger partial charge is 0.492 e. The van der Waals surface area contributed by atoms with Gasteiger partial charge in [-0.3, -0.25) is 4.99 Å². The zero-order chi connectivity index (χ0) is 19.1. The summed E-state index contributed by atoms with van der Waals surface area (Å²) in [6, 6.07) is 25.9. The fourth-order valence-electron chi connectivity index (χ4n) is 4.01. The molecule has 0 N–H and O–H groups in total. The zero-order valence-corrected chi connectivity index (χ0v) is 16.9.